The van der Waals surface area contributed by atoms with Crippen molar-refractivity contribution >= 4 is 17.5 Å². The minimum atomic E-state index is 0.282. The summed E-state index contributed by atoms with van der Waals surface area (Å²) in [5.74, 6) is 0.282. The molecule has 2 rings (SSSR count). The average Bonchev–Trinajstić information content (AvgIpc) is 2.37. The van der Waals surface area contributed by atoms with Gasteiger partial charge in [-0.05, 0) is 43.4 Å². The molecule has 0 radical (unpaired) electrons. The normalized spacial score (nSPS) is 15.9. The summed E-state index contributed by atoms with van der Waals surface area (Å²) >= 11 is 5.91. The SMILES string of the molecule is O=C(CCc1cccc(Cl)c1)N1CCCCC1. The monoisotopic (exact) mass is 251 g/mol. The summed E-state index contributed by atoms with van der Waals surface area (Å²) in [6.07, 6.45) is 4.96. The van der Waals surface area contributed by atoms with Crippen molar-refractivity contribution in [1.82, 2.24) is 4.90 Å². The maximum absolute atomic E-state index is 11.9. The van der Waals surface area contributed by atoms with Gasteiger partial charge in [-0.25, -0.2) is 0 Å². The molecule has 0 aliphatic carbocycles. The topological polar surface area (TPSA) is 20.3 Å². The van der Waals surface area contributed by atoms with E-state index in [1.807, 2.05) is 29.2 Å². The Morgan fingerprint density at radius 2 is 2.00 bits per heavy atom. The first kappa shape index (κ1) is 12.4. The zero-order valence-corrected chi connectivity index (χ0v) is 10.7. The molecule has 1 aromatic carbocycles. The Balaban J connectivity index is 1.83. The van der Waals surface area contributed by atoms with Gasteiger partial charge in [-0.1, -0.05) is 23.7 Å². The van der Waals surface area contributed by atoms with Crippen molar-refractivity contribution < 1.29 is 4.79 Å². The standard InChI is InChI=1S/C14H18ClNO/c15-13-6-4-5-12(11-13)7-8-14(17)16-9-2-1-3-10-16/h4-6,11H,1-3,7-10H2. The van der Waals surface area contributed by atoms with E-state index >= 15 is 0 Å². The number of likely N-dealkylation sites (tertiary alicyclic amines) is 1. The first-order valence-corrected chi connectivity index (χ1v) is 6.66. The van der Waals surface area contributed by atoms with Gasteiger partial charge in [0, 0.05) is 24.5 Å². The van der Waals surface area contributed by atoms with Crippen LogP contribution in [0, 0.1) is 0 Å². The summed E-state index contributed by atoms with van der Waals surface area (Å²) in [5, 5.41) is 0.743. The van der Waals surface area contributed by atoms with Gasteiger partial charge in [-0.15, -0.1) is 0 Å². The van der Waals surface area contributed by atoms with E-state index < -0.39 is 0 Å². The Morgan fingerprint density at radius 1 is 1.24 bits per heavy atom. The van der Waals surface area contributed by atoms with Gasteiger partial charge in [0.25, 0.3) is 0 Å². The molecule has 1 aromatic rings. The molecule has 1 fully saturated rings. The smallest absolute Gasteiger partial charge is 0.222 e. The summed E-state index contributed by atoms with van der Waals surface area (Å²) in [6, 6.07) is 7.75. The Labute approximate surface area is 108 Å². The largest absolute Gasteiger partial charge is 0.343 e. The molecule has 0 aromatic heterocycles. The Bertz CT molecular complexity index is 386. The van der Waals surface area contributed by atoms with Gasteiger partial charge in [0.05, 0.1) is 0 Å². The lowest BCUT2D eigenvalue weighted by atomic mass is 10.1. The van der Waals surface area contributed by atoms with Crippen LogP contribution in [0.1, 0.15) is 31.2 Å². The van der Waals surface area contributed by atoms with Crippen LogP contribution in [-0.4, -0.2) is 23.9 Å². The predicted octanol–water partition coefficient (Wildman–Crippen LogP) is 3.29. The van der Waals surface area contributed by atoms with Gasteiger partial charge in [-0.3, -0.25) is 4.79 Å². The molecule has 0 bridgehead atoms. The molecule has 0 N–H and O–H groups in total. The number of carbonyl (C=O) groups excluding carboxylic acids is 1. The van der Waals surface area contributed by atoms with Crippen molar-refractivity contribution in [3.63, 3.8) is 0 Å². The molecule has 0 spiro atoms. The average molecular weight is 252 g/mol. The molecule has 0 saturated carbocycles. The molecule has 1 amide bonds. The lowest BCUT2D eigenvalue weighted by Gasteiger charge is -2.26. The highest BCUT2D eigenvalue weighted by Crippen LogP contribution is 2.14. The second kappa shape index (κ2) is 6.06. The van der Waals surface area contributed by atoms with E-state index in [4.69, 9.17) is 11.6 Å². The van der Waals surface area contributed by atoms with Crippen LogP contribution in [0.4, 0.5) is 0 Å². The van der Waals surface area contributed by atoms with Crippen molar-refractivity contribution in [2.45, 2.75) is 32.1 Å². The number of halogens is 1. The summed E-state index contributed by atoms with van der Waals surface area (Å²) in [5.41, 5.74) is 1.14. The van der Waals surface area contributed by atoms with Gasteiger partial charge in [0.15, 0.2) is 0 Å². The van der Waals surface area contributed by atoms with E-state index in [1.54, 1.807) is 0 Å². The van der Waals surface area contributed by atoms with E-state index in [9.17, 15) is 4.79 Å². The van der Waals surface area contributed by atoms with Crippen LogP contribution in [0.5, 0.6) is 0 Å². The molecule has 2 nitrogen and oxygen atoms in total. The number of carbonyl (C=O) groups is 1. The third-order valence-electron chi connectivity index (χ3n) is 3.23. The van der Waals surface area contributed by atoms with Crippen LogP contribution in [0.3, 0.4) is 0 Å². The number of hydrogen-bond donors (Lipinski definition) is 0. The van der Waals surface area contributed by atoms with E-state index in [0.717, 1.165) is 42.9 Å². The van der Waals surface area contributed by atoms with Crippen LogP contribution in [-0.2, 0) is 11.2 Å². The highest BCUT2D eigenvalue weighted by atomic mass is 35.5. The summed E-state index contributed by atoms with van der Waals surface area (Å²) in [6.45, 7) is 1.88. The number of rotatable bonds is 3. The van der Waals surface area contributed by atoms with E-state index in [2.05, 4.69) is 0 Å². The Morgan fingerprint density at radius 3 is 2.71 bits per heavy atom. The van der Waals surface area contributed by atoms with Crippen molar-refractivity contribution in [2.75, 3.05) is 13.1 Å². The number of amides is 1. The molecule has 0 atom stereocenters. The van der Waals surface area contributed by atoms with Crippen molar-refractivity contribution in [3.8, 4) is 0 Å². The quantitative estimate of drug-likeness (QED) is 0.807. The maximum atomic E-state index is 11.9. The lowest BCUT2D eigenvalue weighted by molar-refractivity contribution is -0.132. The zero-order valence-electron chi connectivity index (χ0n) is 9.99. The first-order chi connectivity index (χ1) is 8.25. The fourth-order valence-electron chi connectivity index (χ4n) is 2.25. The van der Waals surface area contributed by atoms with Crippen LogP contribution in [0.15, 0.2) is 24.3 Å². The molecule has 1 saturated heterocycles. The van der Waals surface area contributed by atoms with Gasteiger partial charge >= 0.3 is 0 Å². The van der Waals surface area contributed by atoms with E-state index in [0.29, 0.717) is 6.42 Å². The summed E-state index contributed by atoms with van der Waals surface area (Å²) < 4.78 is 0. The molecule has 0 unspecified atom stereocenters. The highest BCUT2D eigenvalue weighted by molar-refractivity contribution is 6.30. The maximum Gasteiger partial charge on any atom is 0.222 e. The predicted molar refractivity (Wildman–Crippen MR) is 70.2 cm³/mol. The lowest BCUT2D eigenvalue weighted by Crippen LogP contribution is -2.35. The molecular weight excluding hydrogens is 234 g/mol. The zero-order chi connectivity index (χ0) is 12.1. The fourth-order valence-corrected chi connectivity index (χ4v) is 2.46. The van der Waals surface area contributed by atoms with Crippen LogP contribution in [0.25, 0.3) is 0 Å². The number of benzene rings is 1. The number of hydrogen-bond acceptors (Lipinski definition) is 1. The van der Waals surface area contributed by atoms with Crippen LogP contribution < -0.4 is 0 Å². The molecule has 1 aliphatic heterocycles. The van der Waals surface area contributed by atoms with E-state index in [1.165, 1.54) is 6.42 Å². The van der Waals surface area contributed by atoms with Crippen LogP contribution in [0.2, 0.25) is 5.02 Å². The number of aryl methyl sites for hydroxylation is 1. The van der Waals surface area contributed by atoms with Crippen LogP contribution >= 0.6 is 11.6 Å². The minimum absolute atomic E-state index is 0.282. The molecule has 17 heavy (non-hydrogen) atoms. The van der Waals surface area contributed by atoms with Crippen molar-refractivity contribution in [2.24, 2.45) is 0 Å². The highest BCUT2D eigenvalue weighted by Gasteiger charge is 2.15. The Kier molecular flexibility index (Phi) is 4.43. The molecular formula is C14H18ClNO. The van der Waals surface area contributed by atoms with Crippen molar-refractivity contribution in [1.29, 1.82) is 0 Å². The number of piperidine rings is 1. The first-order valence-electron chi connectivity index (χ1n) is 6.28. The van der Waals surface area contributed by atoms with Gasteiger partial charge < -0.3 is 4.90 Å². The Hall–Kier alpha value is -1.02. The fraction of sp³-hybridized carbons (Fsp3) is 0.500. The molecule has 92 valence electrons. The molecule has 3 heteroatoms. The minimum Gasteiger partial charge on any atom is -0.343 e. The molecule has 1 aliphatic rings. The molecule has 1 heterocycles. The third kappa shape index (κ3) is 3.74. The van der Waals surface area contributed by atoms with E-state index in [-0.39, 0.29) is 5.91 Å². The van der Waals surface area contributed by atoms with Gasteiger partial charge in [0.2, 0.25) is 5.91 Å². The second-order valence-corrected chi connectivity index (χ2v) is 5.01. The summed E-state index contributed by atoms with van der Waals surface area (Å²) in [4.78, 5) is 13.9. The van der Waals surface area contributed by atoms with Gasteiger partial charge in [0.1, 0.15) is 0 Å². The number of nitrogens with zero attached hydrogens (tertiary/aromatic N) is 1. The summed E-state index contributed by atoms with van der Waals surface area (Å²) in [7, 11) is 0. The van der Waals surface area contributed by atoms with Gasteiger partial charge in [-0.2, -0.15) is 0 Å². The van der Waals surface area contributed by atoms with Crippen molar-refractivity contribution in [3.05, 3.63) is 34.9 Å². The second-order valence-electron chi connectivity index (χ2n) is 4.57. The third-order valence-corrected chi connectivity index (χ3v) is 3.46.